The van der Waals surface area contributed by atoms with E-state index in [1.165, 1.54) is 27.4 Å². The van der Waals surface area contributed by atoms with Gasteiger partial charge in [-0.25, -0.2) is 0 Å². The lowest BCUT2D eigenvalue weighted by Gasteiger charge is -2.16. The van der Waals surface area contributed by atoms with E-state index in [0.29, 0.717) is 0 Å². The summed E-state index contributed by atoms with van der Waals surface area (Å²) in [7, 11) is -1.24. The highest BCUT2D eigenvalue weighted by molar-refractivity contribution is 6.88. The molecule has 4 aromatic rings. The zero-order valence-electron chi connectivity index (χ0n) is 16.7. The molecule has 28 heavy (non-hydrogen) atoms. The van der Waals surface area contributed by atoms with Crippen molar-refractivity contribution in [3.63, 3.8) is 0 Å². The van der Waals surface area contributed by atoms with Gasteiger partial charge in [0.2, 0.25) is 0 Å². The molecule has 4 rings (SSSR count). The SMILES string of the molecule is C[Si](C)(C)c1ccc(-c2ccc(-c3ccc(-c4ccccn4)cc3)cc2)cc1. The van der Waals surface area contributed by atoms with Crippen molar-refractivity contribution in [3.8, 4) is 33.5 Å². The molecule has 0 amide bonds. The van der Waals surface area contributed by atoms with Gasteiger partial charge < -0.3 is 0 Å². The molecule has 0 atom stereocenters. The van der Waals surface area contributed by atoms with Gasteiger partial charge in [-0.1, -0.05) is 104 Å². The first-order valence-corrected chi connectivity index (χ1v) is 13.2. The summed E-state index contributed by atoms with van der Waals surface area (Å²) in [6.07, 6.45) is 1.83. The fourth-order valence-corrected chi connectivity index (χ4v) is 4.55. The molecule has 1 aromatic heterocycles. The van der Waals surface area contributed by atoms with Crippen LogP contribution >= 0.6 is 0 Å². The second-order valence-electron chi connectivity index (χ2n) is 8.20. The highest BCUT2D eigenvalue weighted by atomic mass is 28.3. The third-order valence-electron chi connectivity index (χ3n) is 5.15. The fraction of sp³-hybridized carbons (Fsp3) is 0.115. The summed E-state index contributed by atoms with van der Waals surface area (Å²) >= 11 is 0. The van der Waals surface area contributed by atoms with Crippen LogP contribution in [-0.2, 0) is 0 Å². The lowest BCUT2D eigenvalue weighted by molar-refractivity contribution is 1.33. The van der Waals surface area contributed by atoms with E-state index in [9.17, 15) is 0 Å². The summed E-state index contributed by atoms with van der Waals surface area (Å²) in [5.41, 5.74) is 7.14. The van der Waals surface area contributed by atoms with Crippen LogP contribution in [0.1, 0.15) is 0 Å². The van der Waals surface area contributed by atoms with Crippen molar-refractivity contribution < 1.29 is 0 Å². The summed E-state index contributed by atoms with van der Waals surface area (Å²) in [4.78, 5) is 4.42. The molecule has 0 bridgehead atoms. The predicted octanol–water partition coefficient (Wildman–Crippen LogP) is 6.63. The average Bonchev–Trinajstić information content (AvgIpc) is 2.74. The molecule has 0 saturated heterocycles. The van der Waals surface area contributed by atoms with Crippen molar-refractivity contribution in [2.75, 3.05) is 0 Å². The molecule has 0 radical (unpaired) electrons. The molecule has 3 aromatic carbocycles. The van der Waals surface area contributed by atoms with E-state index in [2.05, 4.69) is 97.4 Å². The Morgan fingerprint density at radius 3 is 1.32 bits per heavy atom. The smallest absolute Gasteiger partial charge is 0.0775 e. The lowest BCUT2D eigenvalue weighted by Crippen LogP contribution is -2.37. The molecule has 138 valence electrons. The van der Waals surface area contributed by atoms with Crippen molar-refractivity contribution in [2.24, 2.45) is 0 Å². The number of pyridine rings is 1. The number of rotatable bonds is 4. The van der Waals surface area contributed by atoms with Gasteiger partial charge in [-0.05, 0) is 34.4 Å². The van der Waals surface area contributed by atoms with E-state index in [1.807, 2.05) is 24.4 Å². The van der Waals surface area contributed by atoms with Crippen LogP contribution in [0.25, 0.3) is 33.5 Å². The van der Waals surface area contributed by atoms with Crippen LogP contribution in [0.5, 0.6) is 0 Å². The Hall–Kier alpha value is -2.97. The molecule has 0 unspecified atom stereocenters. The third kappa shape index (κ3) is 3.97. The van der Waals surface area contributed by atoms with E-state index in [-0.39, 0.29) is 0 Å². The molecule has 2 heteroatoms. The van der Waals surface area contributed by atoms with Crippen LogP contribution < -0.4 is 5.19 Å². The predicted molar refractivity (Wildman–Crippen MR) is 124 cm³/mol. The highest BCUT2D eigenvalue weighted by Crippen LogP contribution is 2.26. The van der Waals surface area contributed by atoms with Gasteiger partial charge in [0.1, 0.15) is 0 Å². The van der Waals surface area contributed by atoms with Crippen LogP contribution in [0.3, 0.4) is 0 Å². The standard InChI is InChI=1S/C26H25NSi/c1-28(2,3)25-17-15-23(16-18-25)21-9-7-20(8-10-21)22-11-13-24(14-12-22)26-6-4-5-19-27-26/h4-19H,1-3H3. The zero-order chi connectivity index (χ0) is 19.6. The zero-order valence-corrected chi connectivity index (χ0v) is 17.7. The van der Waals surface area contributed by atoms with Crippen LogP contribution in [0.4, 0.5) is 0 Å². The number of nitrogens with zero attached hydrogens (tertiary/aromatic N) is 1. The normalized spacial score (nSPS) is 11.4. The van der Waals surface area contributed by atoms with E-state index < -0.39 is 8.07 Å². The first kappa shape index (κ1) is 18.4. The summed E-state index contributed by atoms with van der Waals surface area (Å²) in [5.74, 6) is 0. The maximum atomic E-state index is 4.42. The molecule has 0 aliphatic carbocycles. The number of aromatic nitrogens is 1. The fourth-order valence-electron chi connectivity index (χ4n) is 3.38. The van der Waals surface area contributed by atoms with Crippen molar-refractivity contribution in [1.82, 2.24) is 4.98 Å². The highest BCUT2D eigenvalue weighted by Gasteiger charge is 2.15. The summed E-state index contributed by atoms with van der Waals surface area (Å²) in [5, 5.41) is 1.50. The summed E-state index contributed by atoms with van der Waals surface area (Å²) in [6.45, 7) is 7.15. The Kier molecular flexibility index (Phi) is 4.97. The van der Waals surface area contributed by atoms with Gasteiger partial charge in [-0.15, -0.1) is 0 Å². The van der Waals surface area contributed by atoms with E-state index in [0.717, 1.165) is 11.3 Å². The van der Waals surface area contributed by atoms with Gasteiger partial charge >= 0.3 is 0 Å². The van der Waals surface area contributed by atoms with Gasteiger partial charge in [-0.3, -0.25) is 4.98 Å². The topological polar surface area (TPSA) is 12.9 Å². The Balaban J connectivity index is 1.55. The number of hydrogen-bond donors (Lipinski definition) is 0. The Morgan fingerprint density at radius 2 is 0.929 bits per heavy atom. The molecule has 1 heterocycles. The van der Waals surface area contributed by atoms with Crippen LogP contribution in [0.2, 0.25) is 19.6 Å². The van der Waals surface area contributed by atoms with Crippen molar-refractivity contribution in [3.05, 3.63) is 97.2 Å². The van der Waals surface area contributed by atoms with Gasteiger partial charge in [0.15, 0.2) is 0 Å². The van der Waals surface area contributed by atoms with Crippen LogP contribution in [0.15, 0.2) is 97.2 Å². The van der Waals surface area contributed by atoms with Crippen molar-refractivity contribution in [1.29, 1.82) is 0 Å². The first-order chi connectivity index (χ1) is 13.5. The molecule has 0 aliphatic heterocycles. The van der Waals surface area contributed by atoms with E-state index in [4.69, 9.17) is 0 Å². The van der Waals surface area contributed by atoms with Crippen LogP contribution in [0, 0.1) is 0 Å². The second kappa shape index (κ2) is 7.57. The third-order valence-corrected chi connectivity index (χ3v) is 7.21. The molecule has 0 N–H and O–H groups in total. The Bertz CT molecular complexity index is 1040. The maximum Gasteiger partial charge on any atom is 0.0775 e. The maximum absolute atomic E-state index is 4.42. The molecular formula is C26H25NSi. The van der Waals surface area contributed by atoms with E-state index >= 15 is 0 Å². The minimum atomic E-state index is -1.24. The van der Waals surface area contributed by atoms with Gasteiger partial charge in [0.25, 0.3) is 0 Å². The molecule has 0 spiro atoms. The lowest BCUT2D eigenvalue weighted by atomic mass is 9.99. The van der Waals surface area contributed by atoms with Crippen LogP contribution in [-0.4, -0.2) is 13.1 Å². The Labute approximate surface area is 168 Å². The van der Waals surface area contributed by atoms with Crippen molar-refractivity contribution >= 4 is 13.3 Å². The molecule has 0 saturated carbocycles. The monoisotopic (exact) mass is 379 g/mol. The van der Waals surface area contributed by atoms with Crippen molar-refractivity contribution in [2.45, 2.75) is 19.6 Å². The quantitative estimate of drug-likeness (QED) is 0.363. The van der Waals surface area contributed by atoms with E-state index in [1.54, 1.807) is 0 Å². The molecule has 0 aliphatic rings. The second-order valence-corrected chi connectivity index (χ2v) is 13.3. The molecular weight excluding hydrogens is 354 g/mol. The first-order valence-electron chi connectivity index (χ1n) is 9.73. The summed E-state index contributed by atoms with van der Waals surface area (Å²) in [6, 6.07) is 32.6. The van der Waals surface area contributed by atoms with Gasteiger partial charge in [-0.2, -0.15) is 0 Å². The molecule has 1 nitrogen and oxygen atoms in total. The summed E-state index contributed by atoms with van der Waals surface area (Å²) < 4.78 is 0. The molecule has 0 fully saturated rings. The van der Waals surface area contributed by atoms with Gasteiger partial charge in [0.05, 0.1) is 13.8 Å². The minimum Gasteiger partial charge on any atom is -0.256 e. The minimum absolute atomic E-state index is 1.01. The number of hydrogen-bond acceptors (Lipinski definition) is 1. The largest absolute Gasteiger partial charge is 0.256 e. The Morgan fingerprint density at radius 1 is 0.500 bits per heavy atom. The van der Waals surface area contributed by atoms with Gasteiger partial charge in [0, 0.05) is 11.8 Å². The average molecular weight is 380 g/mol. The number of benzene rings is 3.